The zero-order chi connectivity index (χ0) is 24.8. The molecule has 2 unspecified atom stereocenters. The van der Waals surface area contributed by atoms with Crippen LogP contribution in [0, 0.1) is 5.92 Å². The van der Waals surface area contributed by atoms with Crippen LogP contribution in [0.25, 0.3) is 11.1 Å². The zero-order valence-electron chi connectivity index (χ0n) is 20.2. The van der Waals surface area contributed by atoms with Crippen molar-refractivity contribution in [3.63, 3.8) is 0 Å². The summed E-state index contributed by atoms with van der Waals surface area (Å²) in [7, 11) is 0. The number of rotatable bonds is 10. The van der Waals surface area contributed by atoms with E-state index < -0.39 is 12.1 Å². The highest BCUT2D eigenvalue weighted by atomic mass is 16.5. The maximum atomic E-state index is 12.9. The van der Waals surface area contributed by atoms with Gasteiger partial charge in [0.2, 0.25) is 5.91 Å². The van der Waals surface area contributed by atoms with Crippen molar-refractivity contribution in [2.75, 3.05) is 19.7 Å². The molecule has 1 aliphatic carbocycles. The summed E-state index contributed by atoms with van der Waals surface area (Å²) in [6.07, 6.45) is 2.80. The molecule has 1 saturated heterocycles. The highest BCUT2D eigenvalue weighted by Crippen LogP contribution is 2.44. The third kappa shape index (κ3) is 6.02. The number of hydrogen-bond acceptors (Lipinski definition) is 4. The Morgan fingerprint density at radius 1 is 1.09 bits per heavy atom. The number of ether oxygens (including phenoxy) is 1. The van der Waals surface area contributed by atoms with Crippen LogP contribution >= 0.6 is 0 Å². The number of carboxylic acids is 1. The standard InChI is InChI=1S/C28H34N2O5/c1-2-7-20(16-26(31)30-15-14-19(17-30)12-13-27(32)33)29-28(34)35-18-25-23-10-5-3-8-21(23)22-9-4-6-11-24(22)25/h3-6,8-11,19-20,25H,2,7,12-18H2,1H3,(H,29,34)(H,32,33). The van der Waals surface area contributed by atoms with E-state index in [2.05, 4.69) is 29.6 Å². The van der Waals surface area contributed by atoms with Crippen LogP contribution in [0.1, 0.15) is 62.5 Å². The van der Waals surface area contributed by atoms with Crippen LogP contribution in [-0.4, -0.2) is 53.7 Å². The lowest BCUT2D eigenvalue weighted by molar-refractivity contribution is -0.137. The van der Waals surface area contributed by atoms with E-state index >= 15 is 0 Å². The number of hydrogen-bond donors (Lipinski definition) is 2. The minimum atomic E-state index is -0.801. The molecule has 7 heteroatoms. The van der Waals surface area contributed by atoms with Gasteiger partial charge in [-0.2, -0.15) is 0 Å². The van der Waals surface area contributed by atoms with Gasteiger partial charge in [-0.3, -0.25) is 9.59 Å². The van der Waals surface area contributed by atoms with Gasteiger partial charge in [-0.05, 0) is 47.4 Å². The molecule has 2 atom stereocenters. The molecule has 0 radical (unpaired) electrons. The predicted molar refractivity (Wildman–Crippen MR) is 133 cm³/mol. The number of nitrogens with one attached hydrogen (secondary N) is 1. The van der Waals surface area contributed by atoms with E-state index in [0.717, 1.165) is 24.0 Å². The molecule has 2 amide bonds. The van der Waals surface area contributed by atoms with Crippen LogP contribution in [-0.2, 0) is 14.3 Å². The Morgan fingerprint density at radius 3 is 2.37 bits per heavy atom. The van der Waals surface area contributed by atoms with E-state index in [0.29, 0.717) is 25.9 Å². The Labute approximate surface area is 206 Å². The van der Waals surface area contributed by atoms with Gasteiger partial charge in [0.05, 0.1) is 0 Å². The zero-order valence-corrected chi connectivity index (χ0v) is 20.2. The second-order valence-electron chi connectivity index (χ2n) is 9.59. The normalized spacial score (nSPS) is 17.5. The van der Waals surface area contributed by atoms with Crippen molar-refractivity contribution in [2.24, 2.45) is 5.92 Å². The van der Waals surface area contributed by atoms with E-state index in [1.54, 1.807) is 4.90 Å². The van der Waals surface area contributed by atoms with Crippen LogP contribution in [0.4, 0.5) is 4.79 Å². The number of fused-ring (bicyclic) bond motifs is 3. The molecule has 4 rings (SSSR count). The first kappa shape index (κ1) is 24.8. The van der Waals surface area contributed by atoms with Gasteiger partial charge in [0, 0.05) is 37.9 Å². The van der Waals surface area contributed by atoms with E-state index in [9.17, 15) is 14.4 Å². The number of likely N-dealkylation sites (tertiary alicyclic amines) is 1. The van der Waals surface area contributed by atoms with Crippen molar-refractivity contribution in [2.45, 2.75) is 57.4 Å². The SMILES string of the molecule is CCCC(CC(=O)N1CCC(CCC(=O)O)C1)NC(=O)OCC1c2ccccc2-c2ccccc21. The molecular weight excluding hydrogens is 444 g/mol. The lowest BCUT2D eigenvalue weighted by atomic mass is 9.98. The molecule has 1 fully saturated rings. The van der Waals surface area contributed by atoms with Crippen LogP contribution in [0.2, 0.25) is 0 Å². The molecular formula is C28H34N2O5. The molecule has 0 aromatic heterocycles. The molecule has 0 spiro atoms. The maximum absolute atomic E-state index is 12.9. The lowest BCUT2D eigenvalue weighted by Crippen LogP contribution is -2.40. The number of nitrogens with zero attached hydrogens (tertiary/aromatic N) is 1. The summed E-state index contributed by atoms with van der Waals surface area (Å²) in [4.78, 5) is 38.2. The Morgan fingerprint density at radius 2 is 1.74 bits per heavy atom. The van der Waals surface area contributed by atoms with Crippen LogP contribution in [0.15, 0.2) is 48.5 Å². The second-order valence-corrected chi connectivity index (χ2v) is 9.59. The Bertz CT molecular complexity index is 1020. The first-order valence-corrected chi connectivity index (χ1v) is 12.6. The first-order chi connectivity index (χ1) is 17.0. The minimum Gasteiger partial charge on any atom is -0.481 e. The Hall–Kier alpha value is -3.35. The minimum absolute atomic E-state index is 0.000206. The molecule has 0 bridgehead atoms. The van der Waals surface area contributed by atoms with Crippen molar-refractivity contribution >= 4 is 18.0 Å². The van der Waals surface area contributed by atoms with Gasteiger partial charge in [0.1, 0.15) is 6.61 Å². The molecule has 2 N–H and O–H groups in total. The van der Waals surface area contributed by atoms with Gasteiger partial charge >= 0.3 is 12.1 Å². The van der Waals surface area contributed by atoms with E-state index in [4.69, 9.17) is 9.84 Å². The quantitative estimate of drug-likeness (QED) is 0.512. The van der Waals surface area contributed by atoms with Gasteiger partial charge in [0.15, 0.2) is 0 Å². The first-order valence-electron chi connectivity index (χ1n) is 12.6. The highest BCUT2D eigenvalue weighted by molar-refractivity contribution is 5.80. The average Bonchev–Trinajstić information content (AvgIpc) is 3.45. The molecule has 35 heavy (non-hydrogen) atoms. The number of carbonyl (C=O) groups is 3. The number of benzene rings is 2. The number of aliphatic carboxylic acids is 1. The van der Waals surface area contributed by atoms with Crippen molar-refractivity contribution in [1.29, 1.82) is 0 Å². The van der Waals surface area contributed by atoms with E-state index in [-0.39, 0.29) is 43.2 Å². The van der Waals surface area contributed by atoms with Gasteiger partial charge in [0.25, 0.3) is 0 Å². The topological polar surface area (TPSA) is 95.9 Å². The van der Waals surface area contributed by atoms with Gasteiger partial charge in [-0.15, -0.1) is 0 Å². The van der Waals surface area contributed by atoms with Crippen LogP contribution in [0.5, 0.6) is 0 Å². The van der Waals surface area contributed by atoms with Gasteiger partial charge in [-0.25, -0.2) is 4.79 Å². The summed E-state index contributed by atoms with van der Waals surface area (Å²) >= 11 is 0. The molecule has 2 aliphatic rings. The molecule has 1 aliphatic heterocycles. The average molecular weight is 479 g/mol. The van der Waals surface area contributed by atoms with Crippen molar-refractivity contribution in [1.82, 2.24) is 10.2 Å². The summed E-state index contributed by atoms with van der Waals surface area (Å²) in [5.74, 6) is -0.577. The summed E-state index contributed by atoms with van der Waals surface area (Å²) in [5, 5.41) is 11.8. The fourth-order valence-corrected chi connectivity index (χ4v) is 5.34. The van der Waals surface area contributed by atoms with Crippen molar-refractivity contribution in [3.8, 4) is 11.1 Å². The van der Waals surface area contributed by atoms with Gasteiger partial charge in [-0.1, -0.05) is 61.9 Å². The molecule has 7 nitrogen and oxygen atoms in total. The molecule has 2 aromatic rings. The molecule has 2 aromatic carbocycles. The monoisotopic (exact) mass is 478 g/mol. The Balaban J connectivity index is 1.30. The third-order valence-corrected chi connectivity index (χ3v) is 7.13. The number of amides is 2. The largest absolute Gasteiger partial charge is 0.481 e. The molecule has 0 saturated carbocycles. The van der Waals surface area contributed by atoms with E-state index in [1.165, 1.54) is 11.1 Å². The fourth-order valence-electron chi connectivity index (χ4n) is 5.34. The second kappa shape index (κ2) is 11.4. The fraction of sp³-hybridized carbons (Fsp3) is 0.464. The highest BCUT2D eigenvalue weighted by Gasteiger charge is 2.30. The third-order valence-electron chi connectivity index (χ3n) is 7.13. The summed E-state index contributed by atoms with van der Waals surface area (Å²) in [6, 6.07) is 16.1. The Kier molecular flexibility index (Phi) is 8.06. The summed E-state index contributed by atoms with van der Waals surface area (Å²) in [6.45, 7) is 3.50. The number of alkyl carbamates (subject to hydrolysis) is 1. The molecule has 186 valence electrons. The molecule has 1 heterocycles. The van der Waals surface area contributed by atoms with Gasteiger partial charge < -0.3 is 20.1 Å². The summed E-state index contributed by atoms with van der Waals surface area (Å²) in [5.41, 5.74) is 4.68. The van der Waals surface area contributed by atoms with Crippen LogP contribution < -0.4 is 5.32 Å². The number of carboxylic acid groups (broad SMARTS) is 1. The van der Waals surface area contributed by atoms with E-state index in [1.807, 2.05) is 31.2 Å². The van der Waals surface area contributed by atoms with Crippen molar-refractivity contribution < 1.29 is 24.2 Å². The smallest absolute Gasteiger partial charge is 0.407 e. The summed E-state index contributed by atoms with van der Waals surface area (Å²) < 4.78 is 5.66. The number of carbonyl (C=O) groups excluding carboxylic acids is 2. The van der Waals surface area contributed by atoms with Crippen molar-refractivity contribution in [3.05, 3.63) is 59.7 Å². The lowest BCUT2D eigenvalue weighted by Gasteiger charge is -2.22. The maximum Gasteiger partial charge on any atom is 0.407 e. The van der Waals surface area contributed by atoms with Crippen LogP contribution in [0.3, 0.4) is 0 Å². The predicted octanol–water partition coefficient (Wildman–Crippen LogP) is 4.80.